The van der Waals surface area contributed by atoms with E-state index < -0.39 is 0 Å². The van der Waals surface area contributed by atoms with Crippen LogP contribution in [0.25, 0.3) is 5.65 Å². The predicted octanol–water partition coefficient (Wildman–Crippen LogP) is 2.79. The van der Waals surface area contributed by atoms with Crippen LogP contribution in [-0.2, 0) is 6.54 Å². The summed E-state index contributed by atoms with van der Waals surface area (Å²) in [4.78, 5) is 4.34. The van der Waals surface area contributed by atoms with Crippen LogP contribution < -0.4 is 5.32 Å². The number of nitrogens with zero attached hydrogens (tertiary/aromatic N) is 3. The Morgan fingerprint density at radius 1 is 1.26 bits per heavy atom. The van der Waals surface area contributed by atoms with Gasteiger partial charge in [0.1, 0.15) is 5.82 Å². The van der Waals surface area contributed by atoms with Crippen molar-refractivity contribution >= 4 is 11.6 Å². The van der Waals surface area contributed by atoms with Gasteiger partial charge in [-0.1, -0.05) is 18.2 Å². The number of anilines is 1. The molecular weight excluding hydrogens is 243 g/mol. The molecule has 3 rings (SSSR count). The molecule has 3 aromatic rings. The van der Waals surface area contributed by atoms with Gasteiger partial charge < -0.3 is 5.32 Å². The Morgan fingerprint density at radius 2 is 2.16 bits per heavy atom. The van der Waals surface area contributed by atoms with E-state index in [-0.39, 0.29) is 5.82 Å². The average molecular weight is 256 g/mol. The zero-order valence-electron chi connectivity index (χ0n) is 10.5. The van der Waals surface area contributed by atoms with Crippen molar-refractivity contribution in [1.29, 1.82) is 0 Å². The minimum Gasteiger partial charge on any atom is -0.349 e. The van der Waals surface area contributed by atoms with E-state index in [1.165, 1.54) is 12.1 Å². The van der Waals surface area contributed by atoms with Crippen molar-refractivity contribution in [1.82, 2.24) is 14.6 Å². The summed E-state index contributed by atoms with van der Waals surface area (Å²) in [5.74, 6) is 0.299. The quantitative estimate of drug-likeness (QED) is 0.783. The number of pyridine rings is 1. The first-order valence-electron chi connectivity index (χ1n) is 6.02. The second-order valence-corrected chi connectivity index (χ2v) is 4.43. The molecule has 0 unspecified atom stereocenters. The monoisotopic (exact) mass is 256 g/mol. The number of benzene rings is 1. The first-order valence-corrected chi connectivity index (χ1v) is 6.02. The summed E-state index contributed by atoms with van der Waals surface area (Å²) in [5.41, 5.74) is 2.76. The highest BCUT2D eigenvalue weighted by Crippen LogP contribution is 2.09. The third-order valence-corrected chi connectivity index (χ3v) is 2.82. The van der Waals surface area contributed by atoms with Gasteiger partial charge in [-0.2, -0.15) is 4.98 Å². The predicted molar refractivity (Wildman–Crippen MR) is 71.5 cm³/mol. The number of hydrogen-bond acceptors (Lipinski definition) is 3. The molecule has 4 nitrogen and oxygen atoms in total. The molecule has 0 saturated heterocycles. The molecule has 0 aliphatic heterocycles. The summed E-state index contributed by atoms with van der Waals surface area (Å²) in [6.07, 6.45) is 1.91. The van der Waals surface area contributed by atoms with E-state index in [1.807, 2.05) is 31.3 Å². The van der Waals surface area contributed by atoms with Crippen LogP contribution in [0.4, 0.5) is 10.3 Å². The maximum atomic E-state index is 13.0. The summed E-state index contributed by atoms with van der Waals surface area (Å²) in [7, 11) is 0. The van der Waals surface area contributed by atoms with Crippen molar-refractivity contribution < 1.29 is 4.39 Å². The number of rotatable bonds is 3. The number of halogens is 1. The fourth-order valence-electron chi connectivity index (χ4n) is 1.89. The van der Waals surface area contributed by atoms with Gasteiger partial charge in [0.2, 0.25) is 5.95 Å². The molecule has 0 aliphatic carbocycles. The Hall–Kier alpha value is -2.43. The van der Waals surface area contributed by atoms with Gasteiger partial charge in [0.15, 0.2) is 5.65 Å². The topological polar surface area (TPSA) is 42.2 Å². The Bertz CT molecular complexity index is 720. The molecule has 0 saturated carbocycles. The zero-order chi connectivity index (χ0) is 13.2. The van der Waals surface area contributed by atoms with E-state index in [1.54, 1.807) is 10.6 Å². The fraction of sp³-hybridized carbons (Fsp3) is 0.143. The lowest BCUT2D eigenvalue weighted by Crippen LogP contribution is -2.01. The molecule has 0 fully saturated rings. The van der Waals surface area contributed by atoms with E-state index in [4.69, 9.17) is 0 Å². The molecule has 0 bridgehead atoms. The van der Waals surface area contributed by atoms with E-state index in [0.29, 0.717) is 12.5 Å². The van der Waals surface area contributed by atoms with E-state index >= 15 is 0 Å². The molecule has 5 heteroatoms. The van der Waals surface area contributed by atoms with Crippen LogP contribution in [0.5, 0.6) is 0 Å². The number of aromatic nitrogens is 3. The molecular formula is C14H13FN4. The second kappa shape index (κ2) is 4.68. The second-order valence-electron chi connectivity index (χ2n) is 4.43. The molecule has 1 N–H and O–H groups in total. The molecule has 0 spiro atoms. The van der Waals surface area contributed by atoms with Gasteiger partial charge in [-0.3, -0.25) is 0 Å². The Labute approximate surface area is 109 Å². The zero-order valence-corrected chi connectivity index (χ0v) is 10.5. The molecule has 0 aliphatic rings. The van der Waals surface area contributed by atoms with Gasteiger partial charge in [-0.15, -0.1) is 5.10 Å². The van der Waals surface area contributed by atoms with E-state index in [9.17, 15) is 4.39 Å². The minimum atomic E-state index is -0.238. The number of hydrogen-bond donors (Lipinski definition) is 1. The van der Waals surface area contributed by atoms with Crippen molar-refractivity contribution in [2.75, 3.05) is 5.32 Å². The molecule has 2 aromatic heterocycles. The molecule has 2 heterocycles. The number of nitrogens with one attached hydrogen (secondary N) is 1. The lowest BCUT2D eigenvalue weighted by atomic mass is 10.2. The largest absolute Gasteiger partial charge is 0.349 e. The lowest BCUT2D eigenvalue weighted by molar-refractivity contribution is 0.626. The maximum absolute atomic E-state index is 13.0. The molecule has 0 atom stereocenters. The van der Waals surface area contributed by atoms with Gasteiger partial charge >= 0.3 is 0 Å². The summed E-state index contributed by atoms with van der Waals surface area (Å²) < 4.78 is 14.8. The van der Waals surface area contributed by atoms with Crippen molar-refractivity contribution in [3.8, 4) is 0 Å². The molecule has 1 aromatic carbocycles. The van der Waals surface area contributed by atoms with Crippen molar-refractivity contribution in [3.05, 3.63) is 59.5 Å². The lowest BCUT2D eigenvalue weighted by Gasteiger charge is -2.01. The Morgan fingerprint density at radius 3 is 3.00 bits per heavy atom. The highest BCUT2D eigenvalue weighted by Gasteiger charge is 2.03. The SMILES string of the molecule is Cc1ccc2nc(NCc3cccc(F)c3)nn2c1. The van der Waals surface area contributed by atoms with Gasteiger partial charge in [-0.05, 0) is 36.2 Å². The van der Waals surface area contributed by atoms with Gasteiger partial charge in [0, 0.05) is 12.7 Å². The summed E-state index contributed by atoms with van der Waals surface area (Å²) >= 11 is 0. The van der Waals surface area contributed by atoms with Gasteiger partial charge in [0.05, 0.1) is 0 Å². The van der Waals surface area contributed by atoms with Crippen LogP contribution in [-0.4, -0.2) is 14.6 Å². The van der Waals surface area contributed by atoms with Crippen LogP contribution in [0.15, 0.2) is 42.6 Å². The van der Waals surface area contributed by atoms with E-state index in [2.05, 4.69) is 15.4 Å². The summed E-state index contributed by atoms with van der Waals surface area (Å²) in [5, 5.41) is 7.40. The van der Waals surface area contributed by atoms with Crippen LogP contribution in [0.2, 0.25) is 0 Å². The Balaban J connectivity index is 1.78. The smallest absolute Gasteiger partial charge is 0.243 e. The number of fused-ring (bicyclic) bond motifs is 1. The van der Waals surface area contributed by atoms with Crippen LogP contribution >= 0.6 is 0 Å². The standard InChI is InChI=1S/C14H13FN4/c1-10-5-6-13-17-14(18-19(13)9-10)16-8-11-3-2-4-12(15)7-11/h2-7,9H,8H2,1H3,(H,16,18). The van der Waals surface area contributed by atoms with Crippen LogP contribution in [0.1, 0.15) is 11.1 Å². The van der Waals surface area contributed by atoms with Crippen molar-refractivity contribution in [2.45, 2.75) is 13.5 Å². The van der Waals surface area contributed by atoms with Gasteiger partial charge in [0.25, 0.3) is 0 Å². The summed E-state index contributed by atoms with van der Waals surface area (Å²) in [6, 6.07) is 10.4. The molecule has 96 valence electrons. The molecule has 19 heavy (non-hydrogen) atoms. The normalized spacial score (nSPS) is 10.8. The Kier molecular flexibility index (Phi) is 2.87. The fourth-order valence-corrected chi connectivity index (χ4v) is 1.89. The third kappa shape index (κ3) is 2.54. The molecule has 0 radical (unpaired) electrons. The van der Waals surface area contributed by atoms with Crippen LogP contribution in [0.3, 0.4) is 0 Å². The van der Waals surface area contributed by atoms with E-state index in [0.717, 1.165) is 16.8 Å². The average Bonchev–Trinajstić information content (AvgIpc) is 2.78. The molecule has 0 amide bonds. The van der Waals surface area contributed by atoms with Crippen molar-refractivity contribution in [2.24, 2.45) is 0 Å². The highest BCUT2D eigenvalue weighted by molar-refractivity contribution is 5.44. The first-order chi connectivity index (χ1) is 9.20. The minimum absolute atomic E-state index is 0.238. The highest BCUT2D eigenvalue weighted by atomic mass is 19.1. The van der Waals surface area contributed by atoms with Crippen molar-refractivity contribution in [3.63, 3.8) is 0 Å². The third-order valence-electron chi connectivity index (χ3n) is 2.82. The number of aryl methyl sites for hydroxylation is 1. The van der Waals surface area contributed by atoms with Gasteiger partial charge in [-0.25, -0.2) is 8.91 Å². The first kappa shape index (κ1) is 11.6. The summed E-state index contributed by atoms with van der Waals surface area (Å²) in [6.45, 7) is 2.49. The van der Waals surface area contributed by atoms with Crippen LogP contribution in [0, 0.1) is 12.7 Å². The maximum Gasteiger partial charge on any atom is 0.243 e.